The Labute approximate surface area is 149 Å². The molecule has 3 atom stereocenters. The van der Waals surface area contributed by atoms with E-state index in [-0.39, 0.29) is 35.0 Å². The molecule has 11 heteroatoms. The van der Waals surface area contributed by atoms with Gasteiger partial charge in [-0.25, -0.2) is 9.97 Å². The molecule has 1 aliphatic carbocycles. The van der Waals surface area contributed by atoms with Gasteiger partial charge in [0, 0.05) is 37.1 Å². The van der Waals surface area contributed by atoms with Gasteiger partial charge in [-0.15, -0.1) is 0 Å². The van der Waals surface area contributed by atoms with Crippen LogP contribution in [0.15, 0.2) is 18.5 Å². The maximum atomic E-state index is 13.0. The van der Waals surface area contributed by atoms with E-state index in [1.165, 1.54) is 10.8 Å². The van der Waals surface area contributed by atoms with Crippen LogP contribution >= 0.6 is 0 Å². The van der Waals surface area contributed by atoms with Crippen LogP contribution in [0.25, 0.3) is 11.3 Å². The molecule has 1 aliphatic heterocycles. The second kappa shape index (κ2) is 5.85. The molecule has 27 heavy (non-hydrogen) atoms. The molecule has 2 aromatic heterocycles. The third-order valence-electron chi connectivity index (χ3n) is 5.05. The minimum Gasteiger partial charge on any atom is -0.383 e. The fourth-order valence-corrected chi connectivity index (χ4v) is 3.78. The fourth-order valence-electron chi connectivity index (χ4n) is 3.78. The van der Waals surface area contributed by atoms with E-state index in [1.54, 1.807) is 0 Å². The van der Waals surface area contributed by atoms with Crippen LogP contribution in [-0.4, -0.2) is 33.8 Å². The lowest BCUT2D eigenvalue weighted by molar-refractivity contribution is -0.137. The van der Waals surface area contributed by atoms with E-state index in [0.29, 0.717) is 13.1 Å². The molecule has 0 spiro atoms. The molecule has 0 radical (unpaired) electrons. The number of anilines is 1. The number of rotatable bonds is 3. The van der Waals surface area contributed by atoms with E-state index < -0.39 is 30.2 Å². The van der Waals surface area contributed by atoms with Gasteiger partial charge >= 0.3 is 12.4 Å². The summed E-state index contributed by atoms with van der Waals surface area (Å²) in [5.74, 6) is -0.463. The van der Waals surface area contributed by atoms with Crippen molar-refractivity contribution in [1.29, 1.82) is 0 Å². The van der Waals surface area contributed by atoms with Crippen molar-refractivity contribution < 1.29 is 26.3 Å². The lowest BCUT2D eigenvalue weighted by atomic mass is 10.1. The van der Waals surface area contributed by atoms with Crippen LogP contribution in [0.2, 0.25) is 0 Å². The number of nitrogen functional groups attached to an aromatic ring is 1. The number of aromatic nitrogens is 3. The van der Waals surface area contributed by atoms with Gasteiger partial charge in [0.25, 0.3) is 0 Å². The molecule has 0 unspecified atom stereocenters. The second-order valence-corrected chi connectivity index (χ2v) is 6.87. The quantitative estimate of drug-likeness (QED) is 0.790. The molecule has 3 heterocycles. The molecule has 2 aromatic rings. The van der Waals surface area contributed by atoms with Gasteiger partial charge < -0.3 is 15.6 Å². The lowest BCUT2D eigenvalue weighted by Crippen LogP contribution is -2.20. The predicted molar refractivity (Wildman–Crippen MR) is 83.5 cm³/mol. The van der Waals surface area contributed by atoms with Crippen LogP contribution in [0.5, 0.6) is 0 Å². The number of hydrogen-bond donors (Lipinski definition) is 2. The number of halogens is 6. The highest BCUT2D eigenvalue weighted by Gasteiger charge is 2.55. The first-order valence-corrected chi connectivity index (χ1v) is 8.23. The van der Waals surface area contributed by atoms with Gasteiger partial charge in [0.1, 0.15) is 18.1 Å². The van der Waals surface area contributed by atoms with Gasteiger partial charge in [0.05, 0.1) is 11.3 Å². The lowest BCUT2D eigenvalue weighted by Gasteiger charge is -2.11. The number of nitrogens with two attached hydrogens (primary N) is 1. The number of fused-ring (bicyclic) bond motifs is 1. The zero-order valence-corrected chi connectivity index (χ0v) is 13.8. The Bertz CT molecular complexity index is 861. The highest BCUT2D eigenvalue weighted by atomic mass is 19.4. The van der Waals surface area contributed by atoms with Crippen molar-refractivity contribution in [3.63, 3.8) is 0 Å². The number of alkyl halides is 6. The summed E-state index contributed by atoms with van der Waals surface area (Å²) in [6.45, 7) is 1.41. The molecular formula is C16H15F6N5. The predicted octanol–water partition coefficient (Wildman–Crippen LogP) is 3.04. The van der Waals surface area contributed by atoms with Crippen LogP contribution in [0.1, 0.15) is 17.4 Å². The van der Waals surface area contributed by atoms with Gasteiger partial charge in [-0.2, -0.15) is 26.3 Å². The van der Waals surface area contributed by atoms with Gasteiger partial charge in [0.15, 0.2) is 0 Å². The number of nitrogens with one attached hydrogen (secondary N) is 1. The van der Waals surface area contributed by atoms with E-state index in [4.69, 9.17) is 5.73 Å². The minimum atomic E-state index is -4.72. The average molecular weight is 391 g/mol. The number of pyridine rings is 1. The summed E-state index contributed by atoms with van der Waals surface area (Å²) in [6.07, 6.45) is -7.96. The Hall–Kier alpha value is -2.30. The maximum Gasteiger partial charge on any atom is 0.419 e. The van der Waals surface area contributed by atoms with Crippen LogP contribution in [0.4, 0.5) is 32.2 Å². The van der Waals surface area contributed by atoms with Crippen LogP contribution in [0, 0.1) is 11.8 Å². The second-order valence-electron chi connectivity index (χ2n) is 6.87. The molecule has 0 bridgehead atoms. The summed E-state index contributed by atoms with van der Waals surface area (Å²) in [6, 6.07) is 0.649. The number of nitrogens with zero attached hydrogens (tertiary/aromatic N) is 3. The molecule has 0 amide bonds. The van der Waals surface area contributed by atoms with Crippen molar-refractivity contribution in [3.05, 3.63) is 29.8 Å². The summed E-state index contributed by atoms with van der Waals surface area (Å²) < 4.78 is 79.4. The topological polar surface area (TPSA) is 68.8 Å². The van der Waals surface area contributed by atoms with E-state index >= 15 is 0 Å². The van der Waals surface area contributed by atoms with Crippen molar-refractivity contribution in [1.82, 2.24) is 19.9 Å². The number of imidazole rings is 1. The Morgan fingerprint density at radius 3 is 2.41 bits per heavy atom. The van der Waals surface area contributed by atoms with E-state index in [0.717, 1.165) is 12.3 Å². The molecule has 2 aliphatic rings. The van der Waals surface area contributed by atoms with Crippen molar-refractivity contribution in [2.75, 3.05) is 18.8 Å². The Morgan fingerprint density at radius 2 is 1.81 bits per heavy atom. The van der Waals surface area contributed by atoms with E-state index in [1.807, 2.05) is 0 Å². The first-order chi connectivity index (χ1) is 12.5. The van der Waals surface area contributed by atoms with Crippen LogP contribution < -0.4 is 11.1 Å². The molecule has 0 aromatic carbocycles. The molecule has 1 saturated carbocycles. The summed E-state index contributed by atoms with van der Waals surface area (Å²) in [4.78, 5) is 7.51. The van der Waals surface area contributed by atoms with Crippen molar-refractivity contribution in [3.8, 4) is 11.3 Å². The van der Waals surface area contributed by atoms with Gasteiger partial charge in [-0.3, -0.25) is 0 Å². The van der Waals surface area contributed by atoms with Crippen LogP contribution in [0.3, 0.4) is 0 Å². The van der Waals surface area contributed by atoms with Gasteiger partial charge in [-0.05, 0) is 17.9 Å². The van der Waals surface area contributed by atoms with E-state index in [2.05, 4.69) is 15.3 Å². The zero-order valence-electron chi connectivity index (χ0n) is 13.8. The fraction of sp³-hybridized carbons (Fsp3) is 0.500. The third-order valence-corrected chi connectivity index (χ3v) is 5.05. The Morgan fingerprint density at radius 1 is 1.15 bits per heavy atom. The van der Waals surface area contributed by atoms with Crippen molar-refractivity contribution in [2.24, 2.45) is 11.8 Å². The Kier molecular flexibility index (Phi) is 3.92. The smallest absolute Gasteiger partial charge is 0.383 e. The number of hydrogen-bond acceptors (Lipinski definition) is 4. The zero-order chi connectivity index (χ0) is 19.6. The minimum absolute atomic E-state index is 0.0187. The number of piperidine rings is 1. The van der Waals surface area contributed by atoms with Crippen LogP contribution in [-0.2, 0) is 12.6 Å². The van der Waals surface area contributed by atoms with Crippen molar-refractivity contribution in [2.45, 2.75) is 24.8 Å². The summed E-state index contributed by atoms with van der Waals surface area (Å²) in [5.41, 5.74) is 4.13. The van der Waals surface area contributed by atoms with Gasteiger partial charge in [-0.1, -0.05) is 0 Å². The van der Waals surface area contributed by atoms with E-state index in [9.17, 15) is 26.3 Å². The molecular weight excluding hydrogens is 376 g/mol. The molecule has 146 valence electrons. The molecule has 5 nitrogen and oxygen atoms in total. The largest absolute Gasteiger partial charge is 0.419 e. The molecule has 4 rings (SSSR count). The third kappa shape index (κ3) is 3.35. The highest BCUT2D eigenvalue weighted by molar-refractivity contribution is 5.62. The molecule has 2 fully saturated rings. The highest BCUT2D eigenvalue weighted by Crippen LogP contribution is 2.53. The standard InChI is InChI=1S/C16H15F6N5/c17-15(18,19)2-12-26-11(6-27(12)13-8-4-24-5-9(8)13)7-1-10(16(20,21)22)14(23)25-3-7/h1,3,6,8-9,13,24H,2,4-5H2,(H2,23,25)/t8-,9+,13+. The first kappa shape index (κ1) is 18.1. The maximum absolute atomic E-state index is 13.0. The molecule has 3 N–H and O–H groups in total. The average Bonchev–Trinajstić information content (AvgIpc) is 2.90. The summed E-state index contributed by atoms with van der Waals surface area (Å²) in [7, 11) is 0. The summed E-state index contributed by atoms with van der Waals surface area (Å²) in [5, 5.41) is 3.15. The summed E-state index contributed by atoms with van der Waals surface area (Å²) >= 11 is 0. The SMILES string of the molecule is Nc1ncc(-c2cn([C@H]3[C@@H]4CNC[C@@H]43)c(CC(F)(F)F)n2)cc1C(F)(F)F. The normalized spacial score (nSPS) is 24.9. The first-order valence-electron chi connectivity index (χ1n) is 8.23. The van der Waals surface area contributed by atoms with Gasteiger partial charge in [0.2, 0.25) is 0 Å². The molecule has 1 saturated heterocycles. The monoisotopic (exact) mass is 391 g/mol. The Balaban J connectivity index is 1.74. The van der Waals surface area contributed by atoms with Crippen molar-refractivity contribution >= 4 is 5.82 Å².